The van der Waals surface area contributed by atoms with Crippen LogP contribution in [0.4, 0.5) is 0 Å². The molecule has 1 saturated heterocycles. The topological polar surface area (TPSA) is 35.5 Å². The Balaban J connectivity index is 1.65. The number of rotatable bonds is 6. The van der Waals surface area contributed by atoms with Gasteiger partial charge in [0.1, 0.15) is 0 Å². The molecule has 3 nitrogen and oxygen atoms in total. The molecule has 4 rings (SSSR count). The Bertz CT molecular complexity index is 644. The standard InChI is InChI=1S/C22H33BO3/c1-6-7-8-9-10-16-19(23-25-21(2,3)22(4,5)26-23)17-14-11-12-15(13-14)18(17)20(16)24/h11-12,14-15,17-18H,6-10,13H2,1-5H3/t14-,15+,17+,18-/m1/s1. The van der Waals surface area contributed by atoms with E-state index in [-0.39, 0.29) is 24.2 Å². The predicted molar refractivity (Wildman–Crippen MR) is 105 cm³/mol. The maximum absolute atomic E-state index is 13.3. The van der Waals surface area contributed by atoms with Crippen LogP contribution in [0.3, 0.4) is 0 Å². The fourth-order valence-corrected chi connectivity index (χ4v) is 5.41. The highest BCUT2D eigenvalue weighted by Gasteiger charge is 2.61. The minimum atomic E-state index is -0.355. The second kappa shape index (κ2) is 6.34. The van der Waals surface area contributed by atoms with E-state index in [1.165, 1.54) is 24.7 Å². The lowest BCUT2D eigenvalue weighted by molar-refractivity contribution is -0.119. The molecule has 4 atom stereocenters. The summed E-state index contributed by atoms with van der Waals surface area (Å²) in [7, 11) is -0.354. The Morgan fingerprint density at radius 2 is 1.62 bits per heavy atom. The molecular weight excluding hydrogens is 323 g/mol. The van der Waals surface area contributed by atoms with E-state index in [0.717, 1.165) is 24.8 Å². The molecule has 26 heavy (non-hydrogen) atoms. The van der Waals surface area contributed by atoms with Crippen molar-refractivity contribution in [1.82, 2.24) is 0 Å². The maximum atomic E-state index is 13.3. The minimum Gasteiger partial charge on any atom is -0.400 e. The molecule has 1 saturated carbocycles. The van der Waals surface area contributed by atoms with Gasteiger partial charge in [-0.15, -0.1) is 0 Å². The van der Waals surface area contributed by atoms with Crippen molar-refractivity contribution in [2.75, 3.05) is 0 Å². The number of unbranched alkanes of at least 4 members (excludes halogenated alkanes) is 3. The van der Waals surface area contributed by atoms with Crippen LogP contribution < -0.4 is 0 Å². The maximum Gasteiger partial charge on any atom is 0.491 e. The van der Waals surface area contributed by atoms with Gasteiger partial charge in [0, 0.05) is 5.92 Å². The zero-order valence-electron chi connectivity index (χ0n) is 17.0. The zero-order chi connectivity index (χ0) is 18.7. The molecule has 0 spiro atoms. The number of carbonyl (C=O) groups is 1. The Morgan fingerprint density at radius 1 is 1.00 bits per heavy atom. The van der Waals surface area contributed by atoms with E-state index in [2.05, 4.69) is 46.8 Å². The second-order valence-corrected chi connectivity index (χ2v) is 9.70. The lowest BCUT2D eigenvalue weighted by atomic mass is 9.66. The molecule has 0 N–H and O–H groups in total. The van der Waals surface area contributed by atoms with Crippen LogP contribution in [0.5, 0.6) is 0 Å². The summed E-state index contributed by atoms with van der Waals surface area (Å²) >= 11 is 0. The first-order valence-corrected chi connectivity index (χ1v) is 10.6. The van der Waals surface area contributed by atoms with Crippen LogP contribution in [-0.4, -0.2) is 24.1 Å². The summed E-state index contributed by atoms with van der Waals surface area (Å²) in [6.45, 7) is 10.6. The quantitative estimate of drug-likeness (QED) is 0.386. The van der Waals surface area contributed by atoms with Crippen LogP contribution in [0.25, 0.3) is 0 Å². The third-order valence-electron chi connectivity index (χ3n) is 7.55. The first-order chi connectivity index (χ1) is 12.3. The normalized spacial score (nSPS) is 36.5. The first-order valence-electron chi connectivity index (χ1n) is 10.6. The fourth-order valence-electron chi connectivity index (χ4n) is 5.41. The Hall–Kier alpha value is -0.865. The number of allylic oxidation sites excluding steroid dienone is 4. The number of ketones is 1. The summed E-state index contributed by atoms with van der Waals surface area (Å²) in [5, 5.41) is 0. The molecule has 142 valence electrons. The van der Waals surface area contributed by atoms with E-state index in [1.807, 2.05) is 0 Å². The van der Waals surface area contributed by atoms with Gasteiger partial charge in [0.2, 0.25) is 0 Å². The molecule has 3 aliphatic carbocycles. The van der Waals surface area contributed by atoms with Crippen molar-refractivity contribution in [3.05, 3.63) is 23.2 Å². The summed E-state index contributed by atoms with van der Waals surface area (Å²) in [6, 6.07) is 0. The lowest BCUT2D eigenvalue weighted by Gasteiger charge is -2.32. The van der Waals surface area contributed by atoms with E-state index in [1.54, 1.807) is 0 Å². The number of carbonyl (C=O) groups excluding carboxylic acids is 1. The lowest BCUT2D eigenvalue weighted by Crippen LogP contribution is -2.41. The zero-order valence-corrected chi connectivity index (χ0v) is 17.0. The van der Waals surface area contributed by atoms with Gasteiger partial charge in [-0.1, -0.05) is 38.3 Å². The van der Waals surface area contributed by atoms with Gasteiger partial charge in [0.15, 0.2) is 5.78 Å². The van der Waals surface area contributed by atoms with Crippen molar-refractivity contribution in [2.45, 2.75) is 84.3 Å². The van der Waals surface area contributed by atoms with E-state index >= 15 is 0 Å². The van der Waals surface area contributed by atoms with Crippen LogP contribution in [0.2, 0.25) is 0 Å². The molecule has 1 aliphatic heterocycles. The van der Waals surface area contributed by atoms with Crippen molar-refractivity contribution >= 4 is 12.9 Å². The third kappa shape index (κ3) is 2.67. The summed E-state index contributed by atoms with van der Waals surface area (Å²) in [5.41, 5.74) is 1.54. The molecule has 0 aromatic heterocycles. The molecule has 0 aromatic rings. The molecule has 0 radical (unpaired) electrons. The number of Topliss-reactive ketones (excluding diaryl/α,β-unsaturated/α-hetero) is 1. The molecular formula is C22H33BO3. The highest BCUT2D eigenvalue weighted by Crippen LogP contribution is 2.58. The Kier molecular flexibility index (Phi) is 4.51. The molecule has 4 heteroatoms. The Morgan fingerprint density at radius 3 is 2.23 bits per heavy atom. The summed E-state index contributed by atoms with van der Waals surface area (Å²) in [4.78, 5) is 13.3. The number of hydrogen-bond acceptors (Lipinski definition) is 3. The summed E-state index contributed by atoms with van der Waals surface area (Å²) in [5.74, 6) is 1.79. The fraction of sp³-hybridized carbons (Fsp3) is 0.773. The molecule has 2 bridgehead atoms. The van der Waals surface area contributed by atoms with Gasteiger partial charge in [-0.2, -0.15) is 0 Å². The summed E-state index contributed by atoms with van der Waals surface area (Å²) in [6.07, 6.45) is 11.4. The first kappa shape index (κ1) is 18.5. The number of fused-ring (bicyclic) bond motifs is 5. The average Bonchev–Trinajstić information content (AvgIpc) is 3.27. The minimum absolute atomic E-state index is 0.153. The molecule has 2 fully saturated rings. The van der Waals surface area contributed by atoms with E-state index in [0.29, 0.717) is 23.5 Å². The second-order valence-electron chi connectivity index (χ2n) is 9.70. The van der Waals surface area contributed by atoms with E-state index in [9.17, 15) is 4.79 Å². The van der Waals surface area contributed by atoms with E-state index in [4.69, 9.17) is 9.31 Å². The van der Waals surface area contributed by atoms with Gasteiger partial charge in [0.25, 0.3) is 0 Å². The van der Waals surface area contributed by atoms with Crippen LogP contribution in [0.15, 0.2) is 23.2 Å². The SMILES string of the molecule is CCCCCCC1=C(B2OC(C)(C)C(C)(C)O2)[C@@H]2[C@H](C1=O)[C@H]1C=C[C@@H]2C1. The third-order valence-corrected chi connectivity index (χ3v) is 7.55. The predicted octanol–water partition coefficient (Wildman–Crippen LogP) is 4.91. The van der Waals surface area contributed by atoms with Crippen LogP contribution in [-0.2, 0) is 14.1 Å². The Labute approximate surface area is 158 Å². The van der Waals surface area contributed by atoms with Crippen molar-refractivity contribution in [1.29, 1.82) is 0 Å². The van der Waals surface area contributed by atoms with Crippen molar-refractivity contribution < 1.29 is 14.1 Å². The average molecular weight is 356 g/mol. The molecule has 1 heterocycles. The van der Waals surface area contributed by atoms with Gasteiger partial charge in [-0.05, 0) is 75.8 Å². The smallest absolute Gasteiger partial charge is 0.400 e. The molecule has 0 aromatic carbocycles. The summed E-state index contributed by atoms with van der Waals surface area (Å²) < 4.78 is 12.8. The highest BCUT2D eigenvalue weighted by atomic mass is 16.7. The highest BCUT2D eigenvalue weighted by molar-refractivity contribution is 6.56. The molecule has 0 unspecified atom stereocenters. The van der Waals surface area contributed by atoms with Gasteiger partial charge in [-0.25, -0.2) is 0 Å². The van der Waals surface area contributed by atoms with Crippen molar-refractivity contribution in [2.24, 2.45) is 23.7 Å². The van der Waals surface area contributed by atoms with Gasteiger partial charge < -0.3 is 9.31 Å². The van der Waals surface area contributed by atoms with Crippen molar-refractivity contribution in [3.8, 4) is 0 Å². The van der Waals surface area contributed by atoms with Crippen LogP contribution in [0, 0.1) is 23.7 Å². The van der Waals surface area contributed by atoms with Crippen molar-refractivity contribution in [3.63, 3.8) is 0 Å². The van der Waals surface area contributed by atoms with Gasteiger partial charge >= 0.3 is 7.12 Å². The van der Waals surface area contributed by atoms with Crippen LogP contribution >= 0.6 is 0 Å². The van der Waals surface area contributed by atoms with Gasteiger partial charge in [0.05, 0.1) is 11.2 Å². The van der Waals surface area contributed by atoms with E-state index < -0.39 is 0 Å². The number of hydrogen-bond donors (Lipinski definition) is 0. The largest absolute Gasteiger partial charge is 0.491 e. The van der Waals surface area contributed by atoms with Crippen LogP contribution in [0.1, 0.15) is 73.1 Å². The monoisotopic (exact) mass is 356 g/mol. The van der Waals surface area contributed by atoms with Gasteiger partial charge in [-0.3, -0.25) is 4.79 Å². The molecule has 4 aliphatic rings. The molecule has 0 amide bonds.